The molecule has 0 unspecified atom stereocenters. The lowest BCUT2D eigenvalue weighted by atomic mass is 10.2. The number of nitrogens with one attached hydrogen (secondary N) is 2. The molecule has 8 nitrogen and oxygen atoms in total. The lowest BCUT2D eigenvalue weighted by molar-refractivity contribution is 0.450. The first-order valence-electron chi connectivity index (χ1n) is 7.46. The molecule has 4 aromatic rings. The standard InChI is InChI=1S/C17H11FN4O4/c18-9-2-4-12-11(5-9)14-15(20-12)16(25)22(17(26)21-14)19-7-8-1-3-10(23)6-13(8)24/h1-7,20,23-24H,(H,21,26)/b19-7+. The maximum absolute atomic E-state index is 13.4. The van der Waals surface area contributed by atoms with E-state index >= 15 is 0 Å². The van der Waals surface area contributed by atoms with E-state index in [2.05, 4.69) is 15.1 Å². The van der Waals surface area contributed by atoms with Crippen molar-refractivity contribution in [1.29, 1.82) is 0 Å². The highest BCUT2D eigenvalue weighted by Gasteiger charge is 2.13. The van der Waals surface area contributed by atoms with Gasteiger partial charge >= 0.3 is 11.2 Å². The zero-order valence-corrected chi connectivity index (χ0v) is 13.0. The van der Waals surface area contributed by atoms with Gasteiger partial charge in [-0.2, -0.15) is 5.10 Å². The van der Waals surface area contributed by atoms with E-state index in [4.69, 9.17) is 0 Å². The minimum Gasteiger partial charge on any atom is -0.508 e. The predicted molar refractivity (Wildman–Crippen MR) is 93.4 cm³/mol. The molecule has 2 heterocycles. The molecular weight excluding hydrogens is 343 g/mol. The summed E-state index contributed by atoms with van der Waals surface area (Å²) in [7, 11) is 0. The molecule has 0 spiro atoms. The Balaban J connectivity index is 1.91. The predicted octanol–water partition coefficient (Wildman–Crippen LogP) is 1.60. The zero-order valence-electron chi connectivity index (χ0n) is 13.0. The Kier molecular flexibility index (Phi) is 3.36. The van der Waals surface area contributed by atoms with Gasteiger partial charge in [0.15, 0.2) is 0 Å². The highest BCUT2D eigenvalue weighted by atomic mass is 19.1. The first kappa shape index (κ1) is 15.6. The number of H-pyrrole nitrogens is 2. The third-order valence-electron chi connectivity index (χ3n) is 3.92. The SMILES string of the molecule is O=c1[nH]c2c([nH]c3ccc(F)cc32)c(=O)n1/N=C/c1ccc(O)cc1O. The van der Waals surface area contributed by atoms with Crippen LogP contribution in [-0.2, 0) is 0 Å². The van der Waals surface area contributed by atoms with E-state index in [9.17, 15) is 24.2 Å². The summed E-state index contributed by atoms with van der Waals surface area (Å²) in [4.78, 5) is 30.1. The number of aromatic amines is 2. The fourth-order valence-corrected chi connectivity index (χ4v) is 2.68. The maximum atomic E-state index is 13.4. The Bertz CT molecular complexity index is 1320. The van der Waals surface area contributed by atoms with Crippen LogP contribution in [0, 0.1) is 5.82 Å². The van der Waals surface area contributed by atoms with E-state index in [0.29, 0.717) is 15.6 Å². The molecule has 130 valence electrons. The average Bonchev–Trinajstić information content (AvgIpc) is 2.94. The summed E-state index contributed by atoms with van der Waals surface area (Å²) in [6.07, 6.45) is 1.11. The van der Waals surface area contributed by atoms with E-state index in [0.717, 1.165) is 12.3 Å². The number of hydrogen-bond acceptors (Lipinski definition) is 5. The second-order valence-electron chi connectivity index (χ2n) is 5.60. The normalized spacial score (nSPS) is 11.7. The number of benzene rings is 2. The maximum Gasteiger partial charge on any atom is 0.350 e. The van der Waals surface area contributed by atoms with E-state index in [1.807, 2.05) is 0 Å². The minimum absolute atomic E-state index is 0.0669. The number of phenols is 2. The van der Waals surface area contributed by atoms with E-state index < -0.39 is 17.1 Å². The Morgan fingerprint density at radius 1 is 1.04 bits per heavy atom. The van der Waals surface area contributed by atoms with Crippen LogP contribution in [0.5, 0.6) is 11.5 Å². The van der Waals surface area contributed by atoms with Gasteiger partial charge < -0.3 is 20.2 Å². The average molecular weight is 354 g/mol. The Hall–Kier alpha value is -3.88. The van der Waals surface area contributed by atoms with Crippen molar-refractivity contribution in [2.45, 2.75) is 0 Å². The topological polar surface area (TPSA) is 123 Å². The number of halogens is 1. The molecule has 4 rings (SSSR count). The van der Waals surface area contributed by atoms with Gasteiger partial charge in [0.25, 0.3) is 0 Å². The number of aromatic nitrogens is 3. The second kappa shape index (κ2) is 5.59. The molecule has 0 saturated carbocycles. The summed E-state index contributed by atoms with van der Waals surface area (Å²) in [6.45, 7) is 0. The molecule has 0 aliphatic rings. The van der Waals surface area contributed by atoms with Gasteiger partial charge in [0.05, 0.1) is 11.7 Å². The van der Waals surface area contributed by atoms with E-state index in [1.165, 1.54) is 30.3 Å². The molecule has 0 fully saturated rings. The number of aromatic hydroxyl groups is 2. The molecule has 4 N–H and O–H groups in total. The van der Waals surface area contributed by atoms with Crippen LogP contribution >= 0.6 is 0 Å². The second-order valence-corrected chi connectivity index (χ2v) is 5.60. The third kappa shape index (κ3) is 2.42. The molecule has 2 aromatic carbocycles. The van der Waals surface area contributed by atoms with Crippen molar-refractivity contribution in [2.75, 3.05) is 0 Å². The molecule has 26 heavy (non-hydrogen) atoms. The highest BCUT2D eigenvalue weighted by molar-refractivity contribution is 6.04. The minimum atomic E-state index is -0.817. The molecule has 0 amide bonds. The molecule has 0 aliphatic carbocycles. The van der Waals surface area contributed by atoms with Gasteiger partial charge in [-0.3, -0.25) is 4.79 Å². The summed E-state index contributed by atoms with van der Waals surface area (Å²) in [5.74, 6) is -0.897. The first-order chi connectivity index (χ1) is 12.4. The highest BCUT2D eigenvalue weighted by Crippen LogP contribution is 2.22. The lowest BCUT2D eigenvalue weighted by Crippen LogP contribution is -2.32. The number of rotatable bonds is 2. The molecule has 0 radical (unpaired) electrons. The summed E-state index contributed by atoms with van der Waals surface area (Å²) < 4.78 is 14.0. The summed E-state index contributed by atoms with van der Waals surface area (Å²) in [6, 6.07) is 7.71. The van der Waals surface area contributed by atoms with Crippen molar-refractivity contribution in [2.24, 2.45) is 5.10 Å². The van der Waals surface area contributed by atoms with Gasteiger partial charge in [-0.25, -0.2) is 9.18 Å². The van der Waals surface area contributed by atoms with Crippen molar-refractivity contribution in [3.8, 4) is 11.5 Å². The van der Waals surface area contributed by atoms with Gasteiger partial charge in [0, 0.05) is 22.5 Å². The summed E-state index contributed by atoms with van der Waals surface area (Å²) >= 11 is 0. The van der Waals surface area contributed by atoms with Crippen molar-refractivity contribution < 1.29 is 14.6 Å². The van der Waals surface area contributed by atoms with Crippen LogP contribution in [0.3, 0.4) is 0 Å². The molecular formula is C17H11FN4O4. The van der Waals surface area contributed by atoms with Gasteiger partial charge in [-0.15, -0.1) is 4.68 Å². The Morgan fingerprint density at radius 3 is 2.62 bits per heavy atom. The Labute approximate surface area is 143 Å². The lowest BCUT2D eigenvalue weighted by Gasteiger charge is -2.00. The van der Waals surface area contributed by atoms with Crippen LogP contribution in [0.4, 0.5) is 4.39 Å². The van der Waals surface area contributed by atoms with Gasteiger partial charge in [0.1, 0.15) is 22.8 Å². The van der Waals surface area contributed by atoms with Gasteiger partial charge in [-0.1, -0.05) is 0 Å². The molecule has 0 aliphatic heterocycles. The van der Waals surface area contributed by atoms with Gasteiger partial charge in [-0.05, 0) is 30.3 Å². The van der Waals surface area contributed by atoms with Crippen molar-refractivity contribution in [3.63, 3.8) is 0 Å². The van der Waals surface area contributed by atoms with E-state index in [-0.39, 0.29) is 28.1 Å². The van der Waals surface area contributed by atoms with Crippen molar-refractivity contribution >= 4 is 28.2 Å². The van der Waals surface area contributed by atoms with Crippen LogP contribution in [0.15, 0.2) is 51.1 Å². The van der Waals surface area contributed by atoms with Crippen molar-refractivity contribution in [3.05, 3.63) is 68.6 Å². The number of fused-ring (bicyclic) bond motifs is 3. The monoisotopic (exact) mass is 354 g/mol. The smallest absolute Gasteiger partial charge is 0.350 e. The Morgan fingerprint density at radius 2 is 1.85 bits per heavy atom. The fourth-order valence-electron chi connectivity index (χ4n) is 2.68. The number of phenolic OH excluding ortho intramolecular Hbond substituents is 2. The van der Waals surface area contributed by atoms with Crippen LogP contribution in [-0.4, -0.2) is 31.1 Å². The van der Waals surface area contributed by atoms with Crippen LogP contribution < -0.4 is 11.2 Å². The fraction of sp³-hybridized carbons (Fsp3) is 0. The molecule has 2 aromatic heterocycles. The van der Waals surface area contributed by atoms with Crippen LogP contribution in [0.2, 0.25) is 0 Å². The summed E-state index contributed by atoms with van der Waals surface area (Å²) in [5.41, 5.74) is -0.595. The molecule has 0 bridgehead atoms. The zero-order chi connectivity index (χ0) is 18.4. The number of nitrogens with zero attached hydrogens (tertiary/aromatic N) is 2. The first-order valence-corrected chi connectivity index (χ1v) is 7.46. The van der Waals surface area contributed by atoms with Crippen molar-refractivity contribution in [1.82, 2.24) is 14.6 Å². The van der Waals surface area contributed by atoms with Gasteiger partial charge in [0.2, 0.25) is 0 Å². The van der Waals surface area contributed by atoms with Crippen LogP contribution in [0.1, 0.15) is 5.56 Å². The molecule has 9 heteroatoms. The molecule has 0 atom stereocenters. The largest absolute Gasteiger partial charge is 0.508 e. The summed E-state index contributed by atoms with van der Waals surface area (Å²) in [5, 5.41) is 23.2. The van der Waals surface area contributed by atoms with Crippen LogP contribution in [0.25, 0.3) is 21.9 Å². The van der Waals surface area contributed by atoms with E-state index in [1.54, 1.807) is 0 Å². The molecule has 0 saturated heterocycles. The third-order valence-corrected chi connectivity index (χ3v) is 3.92. The number of hydrogen-bond donors (Lipinski definition) is 4. The quantitative estimate of drug-likeness (QED) is 0.408.